The molecule has 0 spiro atoms. The molecule has 1 aliphatic heterocycles. The van der Waals surface area contributed by atoms with Crippen molar-refractivity contribution >= 4 is 51.5 Å². The van der Waals surface area contributed by atoms with Crippen LogP contribution in [0, 0.1) is 0 Å². The van der Waals surface area contributed by atoms with E-state index in [0.717, 1.165) is 11.0 Å². The van der Waals surface area contributed by atoms with Gasteiger partial charge in [-0.25, -0.2) is 14.8 Å². The molecule has 4 heterocycles. The summed E-state index contributed by atoms with van der Waals surface area (Å²) in [6.45, 7) is 1.04. The molecular formula is C32H30Cl2N8O4. The molecule has 12 nitrogen and oxygen atoms in total. The number of rotatable bonds is 9. The van der Waals surface area contributed by atoms with Crippen LogP contribution >= 0.6 is 23.2 Å². The van der Waals surface area contributed by atoms with Crippen LogP contribution in [0.3, 0.4) is 0 Å². The van der Waals surface area contributed by atoms with Gasteiger partial charge in [-0.15, -0.1) is 0 Å². The average Bonchev–Trinajstić information content (AvgIpc) is 3.48. The SMILES string of the molecule is COc1nc(-c2cccc(-c3cccc(Nc4nccc5c4c(=O)n(C)c(=O)n5C)c3Cl)c2Cl)cnc1CNCC1CCC(=O)N1. The lowest BCUT2D eigenvalue weighted by Gasteiger charge is -2.16. The Morgan fingerprint density at radius 3 is 2.46 bits per heavy atom. The first kappa shape index (κ1) is 31.2. The van der Waals surface area contributed by atoms with Crippen molar-refractivity contribution in [2.45, 2.75) is 25.4 Å². The van der Waals surface area contributed by atoms with Gasteiger partial charge in [0.05, 0.1) is 40.2 Å². The molecule has 0 bridgehead atoms. The summed E-state index contributed by atoms with van der Waals surface area (Å²) in [6, 6.07) is 12.7. The Morgan fingerprint density at radius 1 is 0.978 bits per heavy atom. The Kier molecular flexibility index (Phi) is 8.76. The summed E-state index contributed by atoms with van der Waals surface area (Å²) in [5, 5.41) is 10.4. The third-order valence-electron chi connectivity index (χ3n) is 7.97. The van der Waals surface area contributed by atoms with Crippen molar-refractivity contribution in [1.82, 2.24) is 34.7 Å². The second-order valence-electron chi connectivity index (χ2n) is 10.9. The monoisotopic (exact) mass is 660 g/mol. The highest BCUT2D eigenvalue weighted by Gasteiger charge is 2.21. The number of nitrogens with one attached hydrogen (secondary N) is 3. The van der Waals surface area contributed by atoms with Gasteiger partial charge in [-0.1, -0.05) is 53.5 Å². The lowest BCUT2D eigenvalue weighted by Crippen LogP contribution is -2.37. The summed E-state index contributed by atoms with van der Waals surface area (Å²) in [7, 11) is 4.55. The van der Waals surface area contributed by atoms with Gasteiger partial charge in [0.25, 0.3) is 5.56 Å². The van der Waals surface area contributed by atoms with E-state index in [-0.39, 0.29) is 23.2 Å². The predicted molar refractivity (Wildman–Crippen MR) is 178 cm³/mol. The maximum atomic E-state index is 13.1. The number of anilines is 2. The van der Waals surface area contributed by atoms with Crippen LogP contribution in [-0.2, 0) is 25.4 Å². The topological polar surface area (TPSA) is 145 Å². The number of halogens is 2. The molecule has 1 atom stereocenters. The van der Waals surface area contributed by atoms with Gasteiger partial charge < -0.3 is 20.7 Å². The lowest BCUT2D eigenvalue weighted by atomic mass is 10.0. The van der Waals surface area contributed by atoms with E-state index in [1.54, 1.807) is 25.4 Å². The third kappa shape index (κ3) is 5.82. The Hall–Kier alpha value is -4.78. The van der Waals surface area contributed by atoms with E-state index < -0.39 is 11.2 Å². The number of pyridine rings is 1. The molecule has 3 N–H and O–H groups in total. The molecule has 1 aliphatic rings. The maximum absolute atomic E-state index is 13.1. The van der Waals surface area contributed by atoms with Gasteiger partial charge in [-0.2, -0.15) is 0 Å². The van der Waals surface area contributed by atoms with Crippen molar-refractivity contribution in [3.05, 3.63) is 91.4 Å². The molecule has 1 fully saturated rings. The fraction of sp³-hybridized carbons (Fsp3) is 0.250. The highest BCUT2D eigenvalue weighted by molar-refractivity contribution is 6.39. The number of fused-ring (bicyclic) bond motifs is 1. The number of hydrogen-bond acceptors (Lipinski definition) is 9. The number of carbonyl (C=O) groups is 1. The zero-order valence-electron chi connectivity index (χ0n) is 25.2. The van der Waals surface area contributed by atoms with Crippen LogP contribution in [0.15, 0.2) is 64.4 Å². The number of ether oxygens (including phenoxy) is 1. The number of methoxy groups -OCH3 is 1. The Bertz CT molecular complexity index is 2110. The van der Waals surface area contributed by atoms with E-state index in [1.165, 1.54) is 24.9 Å². The number of aromatic nitrogens is 5. The molecule has 0 saturated carbocycles. The smallest absolute Gasteiger partial charge is 0.330 e. The van der Waals surface area contributed by atoms with Gasteiger partial charge in [0, 0.05) is 62.5 Å². The van der Waals surface area contributed by atoms with Gasteiger partial charge in [-0.05, 0) is 18.6 Å². The fourth-order valence-electron chi connectivity index (χ4n) is 5.53. The van der Waals surface area contributed by atoms with Crippen LogP contribution in [0.2, 0.25) is 10.0 Å². The average molecular weight is 662 g/mol. The maximum Gasteiger partial charge on any atom is 0.330 e. The molecule has 0 radical (unpaired) electrons. The molecule has 14 heteroatoms. The number of carbonyl (C=O) groups excluding carboxylic acids is 1. The van der Waals surface area contributed by atoms with E-state index in [4.69, 9.17) is 27.9 Å². The van der Waals surface area contributed by atoms with Crippen LogP contribution in [-0.4, -0.2) is 49.7 Å². The molecule has 46 heavy (non-hydrogen) atoms. The highest BCUT2D eigenvalue weighted by atomic mass is 35.5. The van der Waals surface area contributed by atoms with Crippen molar-refractivity contribution in [3.63, 3.8) is 0 Å². The standard InChI is InChI=1S/C32H30Cl2N8O4/c1-41-24-12-13-36-29(26(24)31(44)42(2)32(41)45)39-21-9-5-7-19(28(21)34)18-6-4-8-20(27(18)33)22-16-37-23(30(40-22)46-3)15-35-14-17-10-11-25(43)38-17/h4-9,12-13,16-17,35H,10-11,14-15H2,1-3H3,(H,36,39)(H,38,43). The first-order valence-electron chi connectivity index (χ1n) is 14.5. The summed E-state index contributed by atoms with van der Waals surface area (Å²) < 4.78 is 7.98. The summed E-state index contributed by atoms with van der Waals surface area (Å²) >= 11 is 13.9. The van der Waals surface area contributed by atoms with Crippen molar-refractivity contribution < 1.29 is 9.53 Å². The minimum atomic E-state index is -0.475. The molecule has 1 unspecified atom stereocenters. The normalized spacial score (nSPS) is 14.5. The summed E-state index contributed by atoms with van der Waals surface area (Å²) in [5.41, 5.74) is 3.09. The van der Waals surface area contributed by atoms with Crippen LogP contribution in [0.5, 0.6) is 5.88 Å². The number of hydrogen-bond donors (Lipinski definition) is 3. The van der Waals surface area contributed by atoms with Gasteiger partial charge in [0.1, 0.15) is 16.9 Å². The van der Waals surface area contributed by atoms with Crippen LogP contribution in [0.25, 0.3) is 33.3 Å². The first-order chi connectivity index (χ1) is 22.2. The Balaban J connectivity index is 1.30. The number of benzene rings is 2. The third-order valence-corrected chi connectivity index (χ3v) is 8.79. The summed E-state index contributed by atoms with van der Waals surface area (Å²) in [5.74, 6) is 0.690. The van der Waals surface area contributed by atoms with E-state index in [0.29, 0.717) is 74.7 Å². The first-order valence-corrected chi connectivity index (χ1v) is 15.2. The van der Waals surface area contributed by atoms with E-state index >= 15 is 0 Å². The minimum absolute atomic E-state index is 0.0694. The van der Waals surface area contributed by atoms with Crippen molar-refractivity contribution in [2.24, 2.45) is 14.1 Å². The van der Waals surface area contributed by atoms with E-state index in [1.807, 2.05) is 30.3 Å². The second kappa shape index (κ2) is 12.9. The molecule has 1 amide bonds. The molecule has 0 aliphatic carbocycles. The van der Waals surface area contributed by atoms with Crippen LogP contribution in [0.1, 0.15) is 18.5 Å². The zero-order chi connectivity index (χ0) is 32.5. The van der Waals surface area contributed by atoms with Gasteiger partial charge in [0.2, 0.25) is 11.8 Å². The van der Waals surface area contributed by atoms with Crippen molar-refractivity contribution in [2.75, 3.05) is 19.0 Å². The number of nitrogens with zero attached hydrogens (tertiary/aromatic N) is 5. The van der Waals surface area contributed by atoms with Crippen molar-refractivity contribution in [3.8, 4) is 28.3 Å². The molecule has 3 aromatic heterocycles. The summed E-state index contributed by atoms with van der Waals surface area (Å²) in [4.78, 5) is 50.7. The lowest BCUT2D eigenvalue weighted by molar-refractivity contribution is -0.119. The Labute approximate surface area is 273 Å². The summed E-state index contributed by atoms with van der Waals surface area (Å²) in [6.07, 6.45) is 4.50. The molecular weight excluding hydrogens is 631 g/mol. The number of aryl methyl sites for hydroxylation is 1. The second-order valence-corrected chi connectivity index (χ2v) is 11.6. The van der Waals surface area contributed by atoms with E-state index in [9.17, 15) is 14.4 Å². The van der Waals surface area contributed by atoms with E-state index in [2.05, 4.69) is 30.9 Å². The van der Waals surface area contributed by atoms with Crippen LogP contribution < -0.4 is 31.9 Å². The molecule has 5 aromatic rings. The van der Waals surface area contributed by atoms with Gasteiger partial charge in [-0.3, -0.25) is 23.7 Å². The fourth-order valence-corrected chi connectivity index (χ4v) is 6.13. The minimum Gasteiger partial charge on any atom is -0.480 e. The quantitative estimate of drug-likeness (QED) is 0.212. The molecule has 1 saturated heterocycles. The molecule has 2 aromatic carbocycles. The zero-order valence-corrected chi connectivity index (χ0v) is 26.7. The Morgan fingerprint density at radius 2 is 1.72 bits per heavy atom. The number of amides is 1. The van der Waals surface area contributed by atoms with Gasteiger partial charge >= 0.3 is 5.69 Å². The largest absolute Gasteiger partial charge is 0.480 e. The van der Waals surface area contributed by atoms with Crippen molar-refractivity contribution in [1.29, 1.82) is 0 Å². The van der Waals surface area contributed by atoms with Crippen LogP contribution in [0.4, 0.5) is 11.5 Å². The predicted octanol–water partition coefficient (Wildman–Crippen LogP) is 4.18. The molecule has 236 valence electrons. The molecule has 6 rings (SSSR count). The highest BCUT2D eigenvalue weighted by Crippen LogP contribution is 2.42. The van der Waals surface area contributed by atoms with Gasteiger partial charge in [0.15, 0.2) is 0 Å².